The summed E-state index contributed by atoms with van der Waals surface area (Å²) in [5.41, 5.74) is -0.196. The summed E-state index contributed by atoms with van der Waals surface area (Å²) in [5.74, 6) is -2.13. The van der Waals surface area contributed by atoms with E-state index in [9.17, 15) is 14.4 Å². The fraction of sp³-hybridized carbons (Fsp3) is 0.429. The first kappa shape index (κ1) is 19.9. The van der Waals surface area contributed by atoms with Gasteiger partial charge in [0.2, 0.25) is 0 Å². The molecule has 0 radical (unpaired) electrons. The van der Waals surface area contributed by atoms with Crippen molar-refractivity contribution in [3.8, 4) is 10.6 Å². The minimum absolute atomic E-state index is 0.337. The minimum Gasteiger partial charge on any atom is -0.298 e. The number of Topliss-reactive ketones (excluding diaryl/α,β-unsaturated/α-hetero) is 3. The van der Waals surface area contributed by atoms with Crippen molar-refractivity contribution in [1.82, 2.24) is 4.98 Å². The lowest BCUT2D eigenvalue weighted by Gasteiger charge is -2.40. The van der Waals surface area contributed by atoms with Crippen molar-refractivity contribution in [3.05, 3.63) is 39.4 Å². The lowest BCUT2D eigenvalue weighted by Crippen LogP contribution is -2.56. The second-order valence-electron chi connectivity index (χ2n) is 8.18. The third-order valence-corrected chi connectivity index (χ3v) is 6.69. The Morgan fingerprint density at radius 2 is 1.56 bits per heavy atom. The van der Waals surface area contributed by atoms with Crippen LogP contribution in [0.4, 0.5) is 0 Å². The van der Waals surface area contributed by atoms with E-state index in [1.54, 1.807) is 27.7 Å². The molecular formula is C21H22ClNO3S. The molecular weight excluding hydrogens is 382 g/mol. The van der Waals surface area contributed by atoms with Gasteiger partial charge in [0.1, 0.15) is 10.9 Å². The summed E-state index contributed by atoms with van der Waals surface area (Å²) in [4.78, 5) is 44.2. The minimum atomic E-state index is -1.22. The maximum atomic E-state index is 13.1. The van der Waals surface area contributed by atoms with Crippen molar-refractivity contribution in [3.63, 3.8) is 0 Å². The van der Waals surface area contributed by atoms with E-state index in [4.69, 9.17) is 11.6 Å². The van der Waals surface area contributed by atoms with Crippen molar-refractivity contribution in [1.29, 1.82) is 0 Å². The number of benzene rings is 1. The molecule has 0 aliphatic heterocycles. The van der Waals surface area contributed by atoms with Crippen LogP contribution in [-0.4, -0.2) is 22.3 Å². The molecule has 0 N–H and O–H groups in total. The smallest absolute Gasteiger partial charge is 0.162 e. The molecule has 1 saturated carbocycles. The number of rotatable bonds is 2. The van der Waals surface area contributed by atoms with E-state index >= 15 is 0 Å². The van der Waals surface area contributed by atoms with E-state index in [1.165, 1.54) is 11.3 Å². The van der Waals surface area contributed by atoms with Gasteiger partial charge in [-0.05, 0) is 53.2 Å². The zero-order chi connectivity index (χ0) is 20.3. The highest BCUT2D eigenvalue weighted by atomic mass is 35.5. The van der Waals surface area contributed by atoms with Crippen molar-refractivity contribution in [2.45, 2.75) is 47.5 Å². The Balaban J connectivity index is 2.14. The zero-order valence-corrected chi connectivity index (χ0v) is 17.8. The molecule has 0 spiro atoms. The number of thiazole rings is 1. The highest BCUT2D eigenvalue weighted by Crippen LogP contribution is 2.46. The zero-order valence-electron chi connectivity index (χ0n) is 16.3. The molecule has 142 valence electrons. The normalized spacial score (nSPS) is 19.6. The largest absolute Gasteiger partial charge is 0.298 e. The fourth-order valence-corrected chi connectivity index (χ4v) is 5.05. The van der Waals surface area contributed by atoms with Gasteiger partial charge in [0.25, 0.3) is 0 Å². The number of carbonyl (C=O) groups is 3. The Morgan fingerprint density at radius 1 is 1.00 bits per heavy atom. The Hall–Kier alpha value is -1.85. The van der Waals surface area contributed by atoms with E-state index in [2.05, 4.69) is 4.98 Å². The number of carbonyl (C=O) groups excluding carboxylic acids is 3. The number of hydrogen-bond donors (Lipinski definition) is 0. The Labute approximate surface area is 168 Å². The summed E-state index contributed by atoms with van der Waals surface area (Å²) in [6, 6.07) is 5.69. The first-order valence-electron chi connectivity index (χ1n) is 8.76. The first-order chi connectivity index (χ1) is 12.4. The summed E-state index contributed by atoms with van der Waals surface area (Å²) in [6.07, 6.45) is 0. The van der Waals surface area contributed by atoms with E-state index in [0.29, 0.717) is 15.7 Å². The topological polar surface area (TPSA) is 64.1 Å². The predicted octanol–water partition coefficient (Wildman–Crippen LogP) is 4.94. The van der Waals surface area contributed by atoms with E-state index in [0.717, 1.165) is 16.0 Å². The number of halogens is 1. The lowest BCUT2D eigenvalue weighted by molar-refractivity contribution is -0.157. The molecule has 0 bridgehead atoms. The monoisotopic (exact) mass is 403 g/mol. The molecule has 0 amide bonds. The van der Waals surface area contributed by atoms with E-state index in [-0.39, 0.29) is 17.3 Å². The van der Waals surface area contributed by atoms with E-state index in [1.807, 2.05) is 32.0 Å². The highest BCUT2D eigenvalue weighted by molar-refractivity contribution is 7.15. The molecule has 2 aromatic rings. The second-order valence-corrected chi connectivity index (χ2v) is 9.79. The van der Waals surface area contributed by atoms with Crippen LogP contribution in [0.3, 0.4) is 0 Å². The first-order valence-corrected chi connectivity index (χ1v) is 9.96. The molecule has 1 aromatic heterocycles. The number of hydrogen-bond acceptors (Lipinski definition) is 5. The Bertz CT molecular complexity index is 957. The molecule has 27 heavy (non-hydrogen) atoms. The summed E-state index contributed by atoms with van der Waals surface area (Å²) in [7, 11) is 0. The average molecular weight is 404 g/mol. The van der Waals surface area contributed by atoms with Gasteiger partial charge in [0.05, 0.1) is 21.5 Å². The van der Waals surface area contributed by atoms with Gasteiger partial charge in [-0.15, -0.1) is 11.3 Å². The van der Waals surface area contributed by atoms with Crippen LogP contribution in [0.1, 0.15) is 49.7 Å². The van der Waals surface area contributed by atoms with Gasteiger partial charge < -0.3 is 0 Å². The maximum Gasteiger partial charge on any atom is 0.162 e. The van der Waals surface area contributed by atoms with Gasteiger partial charge in [0.15, 0.2) is 17.3 Å². The van der Waals surface area contributed by atoms with Gasteiger partial charge >= 0.3 is 0 Å². The average Bonchev–Trinajstić information content (AvgIpc) is 2.94. The van der Waals surface area contributed by atoms with Gasteiger partial charge in [-0.2, -0.15) is 0 Å². The molecule has 4 nitrogen and oxygen atoms in total. The van der Waals surface area contributed by atoms with Crippen LogP contribution < -0.4 is 0 Å². The molecule has 1 aromatic carbocycles. The van der Waals surface area contributed by atoms with Crippen LogP contribution in [0.2, 0.25) is 5.02 Å². The summed E-state index contributed by atoms with van der Waals surface area (Å²) in [6.45, 7) is 10.2. The van der Waals surface area contributed by atoms with Crippen LogP contribution in [-0.2, 0) is 14.4 Å². The molecule has 3 rings (SSSR count). The lowest BCUT2D eigenvalue weighted by atomic mass is 9.58. The van der Waals surface area contributed by atoms with Crippen molar-refractivity contribution < 1.29 is 14.4 Å². The number of aromatic nitrogens is 1. The second kappa shape index (κ2) is 6.35. The molecule has 1 heterocycles. The van der Waals surface area contributed by atoms with Gasteiger partial charge in [-0.1, -0.05) is 23.7 Å². The molecule has 6 heteroatoms. The van der Waals surface area contributed by atoms with Crippen LogP contribution in [0.25, 0.3) is 10.6 Å². The van der Waals surface area contributed by atoms with Crippen LogP contribution >= 0.6 is 22.9 Å². The highest BCUT2D eigenvalue weighted by Gasteiger charge is 2.59. The van der Waals surface area contributed by atoms with Crippen LogP contribution in [0, 0.1) is 24.7 Å². The van der Waals surface area contributed by atoms with Gasteiger partial charge in [0, 0.05) is 10.4 Å². The fourth-order valence-electron chi connectivity index (χ4n) is 3.68. The quantitative estimate of drug-likeness (QED) is 0.666. The third-order valence-electron chi connectivity index (χ3n) is 5.35. The third kappa shape index (κ3) is 2.97. The van der Waals surface area contributed by atoms with Gasteiger partial charge in [-0.25, -0.2) is 4.98 Å². The van der Waals surface area contributed by atoms with Crippen LogP contribution in [0.5, 0.6) is 0 Å². The molecule has 1 aliphatic rings. The SMILES string of the molecule is Cc1ccc(-c2nc(C3C(=O)C(C)(C)C(=O)C(C)(C)C3=O)c(C)s2)c(Cl)c1. The standard InChI is InChI=1S/C21H22ClNO3S/c1-10-7-8-12(13(22)9-10)18-23-15(11(2)27-18)14-16(24)20(3,4)19(26)21(5,6)17(14)25/h7-9,14H,1-6H3. The van der Waals surface area contributed by atoms with Crippen LogP contribution in [0.15, 0.2) is 18.2 Å². The van der Waals surface area contributed by atoms with Crippen molar-refractivity contribution >= 4 is 40.3 Å². The van der Waals surface area contributed by atoms with Crippen molar-refractivity contribution in [2.75, 3.05) is 0 Å². The summed E-state index contributed by atoms with van der Waals surface area (Å²) < 4.78 is 0. The molecule has 0 saturated heterocycles. The summed E-state index contributed by atoms with van der Waals surface area (Å²) >= 11 is 7.77. The molecule has 1 fully saturated rings. The number of nitrogens with zero attached hydrogens (tertiary/aromatic N) is 1. The summed E-state index contributed by atoms with van der Waals surface area (Å²) in [5, 5.41) is 1.24. The van der Waals surface area contributed by atoms with Crippen molar-refractivity contribution in [2.24, 2.45) is 10.8 Å². The molecule has 1 aliphatic carbocycles. The molecule has 0 atom stereocenters. The Morgan fingerprint density at radius 3 is 2.07 bits per heavy atom. The van der Waals surface area contributed by atoms with Gasteiger partial charge in [-0.3, -0.25) is 14.4 Å². The predicted molar refractivity (Wildman–Crippen MR) is 107 cm³/mol. The number of ketones is 3. The molecule has 0 unspecified atom stereocenters. The Kier molecular flexibility index (Phi) is 4.68. The maximum absolute atomic E-state index is 13.1. The number of aryl methyl sites for hydroxylation is 2. The van der Waals surface area contributed by atoms with E-state index < -0.39 is 16.7 Å².